The van der Waals surface area contributed by atoms with Crippen LogP contribution < -0.4 is 14.8 Å². The molecule has 0 saturated carbocycles. The molecule has 122 valence electrons. The van der Waals surface area contributed by atoms with Gasteiger partial charge in [0.25, 0.3) is 5.91 Å². The van der Waals surface area contributed by atoms with Crippen LogP contribution in [0.25, 0.3) is 0 Å². The number of carbonyl (C=O) groups excluding carboxylic acids is 3. The van der Waals surface area contributed by atoms with Crippen molar-refractivity contribution in [3.8, 4) is 11.5 Å². The molecule has 0 radical (unpaired) electrons. The van der Waals surface area contributed by atoms with Crippen molar-refractivity contribution in [1.29, 1.82) is 0 Å². The lowest BCUT2D eigenvalue weighted by molar-refractivity contribution is -0.134. The number of esters is 1. The third-order valence-corrected chi connectivity index (χ3v) is 3.47. The quantitative estimate of drug-likeness (QED) is 0.519. The van der Waals surface area contributed by atoms with Crippen LogP contribution in [-0.4, -0.2) is 24.3 Å². The molecule has 0 spiro atoms. The summed E-state index contributed by atoms with van der Waals surface area (Å²) in [7, 11) is 0. The molecular weight excluding hydrogens is 310 g/mol. The Morgan fingerprint density at radius 2 is 1.88 bits per heavy atom. The van der Waals surface area contributed by atoms with Gasteiger partial charge >= 0.3 is 5.97 Å². The number of hydrogen-bond acceptors (Lipinski definition) is 5. The molecule has 0 atom stereocenters. The number of nitrogens with one attached hydrogen (secondary N) is 1. The molecule has 0 unspecified atom stereocenters. The van der Waals surface area contributed by atoms with Crippen molar-refractivity contribution in [2.24, 2.45) is 0 Å². The summed E-state index contributed by atoms with van der Waals surface area (Å²) in [6, 6.07) is 13.5. The first-order valence-corrected chi connectivity index (χ1v) is 7.47. The Morgan fingerprint density at radius 1 is 1.08 bits per heavy atom. The largest absolute Gasteiger partial charge is 0.482 e. The predicted octanol–water partition coefficient (Wildman–Crippen LogP) is 2.59. The third-order valence-electron chi connectivity index (χ3n) is 3.47. The standard InChI is InChI=1S/C18H15NO5/c20-15(12-4-2-1-3-5-12)7-9-18(22)24-13-6-8-16-14(10-13)19-17(21)11-23-16/h1-6,8,10H,7,9,11H2,(H,19,21). The molecule has 1 aliphatic heterocycles. The van der Waals surface area contributed by atoms with Gasteiger partial charge in [-0.3, -0.25) is 14.4 Å². The molecule has 0 saturated heterocycles. The molecule has 2 aromatic rings. The van der Waals surface area contributed by atoms with Crippen molar-refractivity contribution in [3.63, 3.8) is 0 Å². The van der Waals surface area contributed by atoms with Crippen molar-refractivity contribution >= 4 is 23.3 Å². The first kappa shape index (κ1) is 15.7. The Bertz CT molecular complexity index is 785. The van der Waals surface area contributed by atoms with Crippen LogP contribution in [0.15, 0.2) is 48.5 Å². The fraction of sp³-hybridized carbons (Fsp3) is 0.167. The van der Waals surface area contributed by atoms with Gasteiger partial charge in [-0.15, -0.1) is 0 Å². The molecule has 3 rings (SSSR count). The van der Waals surface area contributed by atoms with Gasteiger partial charge in [0.15, 0.2) is 12.4 Å². The molecule has 6 heteroatoms. The smallest absolute Gasteiger partial charge is 0.311 e. The Morgan fingerprint density at radius 3 is 2.67 bits per heavy atom. The number of anilines is 1. The first-order chi connectivity index (χ1) is 11.6. The number of Topliss-reactive ketones (excluding diaryl/α,β-unsaturated/α-hetero) is 1. The number of ketones is 1. The van der Waals surface area contributed by atoms with Crippen LogP contribution >= 0.6 is 0 Å². The normalized spacial score (nSPS) is 12.6. The average molecular weight is 325 g/mol. The fourth-order valence-electron chi connectivity index (χ4n) is 2.29. The highest BCUT2D eigenvalue weighted by Crippen LogP contribution is 2.31. The SMILES string of the molecule is O=C1COc2ccc(OC(=O)CCC(=O)c3ccccc3)cc2N1. The number of hydrogen-bond donors (Lipinski definition) is 1. The fourth-order valence-corrected chi connectivity index (χ4v) is 2.29. The van der Waals surface area contributed by atoms with E-state index in [0.29, 0.717) is 17.0 Å². The zero-order chi connectivity index (χ0) is 16.9. The molecule has 0 fully saturated rings. The van der Waals surface area contributed by atoms with E-state index in [9.17, 15) is 14.4 Å². The zero-order valence-corrected chi connectivity index (χ0v) is 12.8. The van der Waals surface area contributed by atoms with E-state index in [0.717, 1.165) is 0 Å². The number of benzene rings is 2. The summed E-state index contributed by atoms with van der Waals surface area (Å²) in [5.74, 6) is -0.0780. The minimum Gasteiger partial charge on any atom is -0.482 e. The van der Waals surface area contributed by atoms with Crippen molar-refractivity contribution < 1.29 is 23.9 Å². The number of ether oxygens (including phenoxy) is 2. The minimum atomic E-state index is -0.512. The molecule has 0 aromatic heterocycles. The maximum atomic E-state index is 12.0. The van der Waals surface area contributed by atoms with Gasteiger partial charge in [-0.25, -0.2) is 0 Å². The highest BCUT2D eigenvalue weighted by molar-refractivity contribution is 5.98. The van der Waals surface area contributed by atoms with Crippen LogP contribution in [0.1, 0.15) is 23.2 Å². The highest BCUT2D eigenvalue weighted by atomic mass is 16.5. The van der Waals surface area contributed by atoms with Gasteiger partial charge in [-0.1, -0.05) is 30.3 Å². The molecule has 0 aliphatic carbocycles. The molecule has 1 N–H and O–H groups in total. The zero-order valence-electron chi connectivity index (χ0n) is 12.8. The second-order valence-corrected chi connectivity index (χ2v) is 5.26. The van der Waals surface area contributed by atoms with E-state index in [1.165, 1.54) is 6.07 Å². The van der Waals surface area contributed by atoms with Gasteiger partial charge in [-0.05, 0) is 12.1 Å². The Balaban J connectivity index is 1.56. The average Bonchev–Trinajstić information content (AvgIpc) is 2.60. The predicted molar refractivity (Wildman–Crippen MR) is 86.2 cm³/mol. The van der Waals surface area contributed by atoms with Gasteiger partial charge in [-0.2, -0.15) is 0 Å². The van der Waals surface area contributed by atoms with E-state index in [2.05, 4.69) is 5.32 Å². The molecular formula is C18H15NO5. The maximum absolute atomic E-state index is 12.0. The Labute approximate surface area is 138 Å². The highest BCUT2D eigenvalue weighted by Gasteiger charge is 2.17. The number of rotatable bonds is 5. The van der Waals surface area contributed by atoms with Crippen molar-refractivity contribution in [2.75, 3.05) is 11.9 Å². The van der Waals surface area contributed by atoms with Crippen LogP contribution in [-0.2, 0) is 9.59 Å². The van der Waals surface area contributed by atoms with Crippen molar-refractivity contribution in [3.05, 3.63) is 54.1 Å². The minimum absolute atomic E-state index is 0.0202. The van der Waals surface area contributed by atoms with Crippen molar-refractivity contribution in [2.45, 2.75) is 12.8 Å². The first-order valence-electron chi connectivity index (χ1n) is 7.47. The lowest BCUT2D eigenvalue weighted by Crippen LogP contribution is -2.25. The molecule has 6 nitrogen and oxygen atoms in total. The number of fused-ring (bicyclic) bond motifs is 1. The van der Waals surface area contributed by atoms with E-state index in [-0.39, 0.29) is 36.9 Å². The van der Waals surface area contributed by atoms with Crippen LogP contribution in [0.4, 0.5) is 5.69 Å². The summed E-state index contributed by atoms with van der Waals surface area (Å²) >= 11 is 0. The van der Waals surface area contributed by atoms with Crippen LogP contribution in [0.2, 0.25) is 0 Å². The van der Waals surface area contributed by atoms with E-state index < -0.39 is 5.97 Å². The van der Waals surface area contributed by atoms with Crippen LogP contribution in [0.5, 0.6) is 11.5 Å². The molecule has 0 bridgehead atoms. The summed E-state index contributed by atoms with van der Waals surface area (Å²) in [6.07, 6.45) is 0.0569. The molecule has 2 aromatic carbocycles. The molecule has 1 amide bonds. The van der Waals surface area contributed by atoms with E-state index in [4.69, 9.17) is 9.47 Å². The van der Waals surface area contributed by atoms with E-state index >= 15 is 0 Å². The topological polar surface area (TPSA) is 81.7 Å². The summed E-state index contributed by atoms with van der Waals surface area (Å²) in [4.78, 5) is 35.1. The number of carbonyl (C=O) groups is 3. The third kappa shape index (κ3) is 3.78. The molecule has 24 heavy (non-hydrogen) atoms. The summed E-state index contributed by atoms with van der Waals surface area (Å²) in [5.41, 5.74) is 1.02. The van der Waals surface area contributed by atoms with Crippen LogP contribution in [0.3, 0.4) is 0 Å². The second-order valence-electron chi connectivity index (χ2n) is 5.26. The summed E-state index contributed by atoms with van der Waals surface area (Å²) in [5, 5.41) is 2.64. The van der Waals surface area contributed by atoms with Crippen molar-refractivity contribution in [1.82, 2.24) is 0 Å². The maximum Gasteiger partial charge on any atom is 0.311 e. The van der Waals surface area contributed by atoms with Crippen LogP contribution in [0, 0.1) is 0 Å². The summed E-state index contributed by atoms with van der Waals surface area (Å²) in [6.45, 7) is -0.0340. The van der Waals surface area contributed by atoms with Gasteiger partial charge < -0.3 is 14.8 Å². The molecule has 1 heterocycles. The number of amides is 1. The van der Waals surface area contributed by atoms with Gasteiger partial charge in [0.1, 0.15) is 11.5 Å². The van der Waals surface area contributed by atoms with E-state index in [1.54, 1.807) is 36.4 Å². The second kappa shape index (κ2) is 6.95. The Kier molecular flexibility index (Phi) is 4.56. The van der Waals surface area contributed by atoms with Gasteiger partial charge in [0, 0.05) is 18.1 Å². The lowest BCUT2D eigenvalue weighted by atomic mass is 10.1. The monoisotopic (exact) mass is 325 g/mol. The summed E-state index contributed by atoms with van der Waals surface area (Å²) < 4.78 is 10.4. The van der Waals surface area contributed by atoms with Gasteiger partial charge in [0.05, 0.1) is 12.1 Å². The van der Waals surface area contributed by atoms with E-state index in [1.807, 2.05) is 6.07 Å². The Hall–Kier alpha value is -3.15. The lowest BCUT2D eigenvalue weighted by Gasteiger charge is -2.18. The molecule has 1 aliphatic rings. The van der Waals surface area contributed by atoms with Gasteiger partial charge in [0.2, 0.25) is 0 Å².